The Labute approximate surface area is 169 Å². The van der Waals surface area contributed by atoms with E-state index in [1.807, 2.05) is 0 Å². The molecular weight excluding hydrogens is 336 g/mol. The summed E-state index contributed by atoms with van der Waals surface area (Å²) >= 11 is 0. The average molecular weight is 385 g/mol. The molecule has 0 rings (SSSR count). The molecular formula is C24H48O3. The number of carbonyl (C=O) groups excluding carboxylic acids is 1. The van der Waals surface area contributed by atoms with Crippen LogP contribution >= 0.6 is 0 Å². The third-order valence-corrected chi connectivity index (χ3v) is 5.54. The van der Waals surface area contributed by atoms with Crippen molar-refractivity contribution in [3.05, 3.63) is 0 Å². The number of hydrogen-bond donors (Lipinski definition) is 1. The number of hydrogen-bond acceptors (Lipinski definition) is 3. The van der Waals surface area contributed by atoms with Crippen LogP contribution in [0.5, 0.6) is 0 Å². The lowest BCUT2D eigenvalue weighted by molar-refractivity contribution is -0.140. The molecule has 0 aliphatic carbocycles. The van der Waals surface area contributed by atoms with Crippen molar-refractivity contribution in [2.24, 2.45) is 0 Å². The van der Waals surface area contributed by atoms with E-state index in [1.54, 1.807) is 0 Å². The van der Waals surface area contributed by atoms with Crippen LogP contribution in [0.15, 0.2) is 0 Å². The van der Waals surface area contributed by atoms with Crippen LogP contribution in [0.4, 0.5) is 0 Å². The molecule has 0 aliphatic rings. The highest BCUT2D eigenvalue weighted by Crippen LogP contribution is 2.15. The van der Waals surface area contributed by atoms with E-state index in [-0.39, 0.29) is 12.1 Å². The monoisotopic (exact) mass is 384 g/mol. The van der Waals surface area contributed by atoms with Gasteiger partial charge in [-0.3, -0.25) is 4.79 Å². The zero-order valence-corrected chi connectivity index (χ0v) is 18.5. The molecule has 0 bridgehead atoms. The van der Waals surface area contributed by atoms with Crippen molar-refractivity contribution in [1.82, 2.24) is 0 Å². The first kappa shape index (κ1) is 26.4. The average Bonchev–Trinajstić information content (AvgIpc) is 2.67. The standard InChI is InChI=1S/C24H48O3/c1-3-4-5-6-7-8-9-10-11-12-13-14-17-20-23(25)21-18-15-16-19-22-24(26)27-2/h23,25H,3-22H2,1-2H3. The van der Waals surface area contributed by atoms with Gasteiger partial charge in [-0.1, -0.05) is 110 Å². The van der Waals surface area contributed by atoms with Crippen molar-refractivity contribution in [2.75, 3.05) is 7.11 Å². The summed E-state index contributed by atoms with van der Waals surface area (Å²) in [5.41, 5.74) is 0. The lowest BCUT2D eigenvalue weighted by Crippen LogP contribution is -2.06. The highest BCUT2D eigenvalue weighted by molar-refractivity contribution is 5.68. The van der Waals surface area contributed by atoms with Crippen molar-refractivity contribution in [3.8, 4) is 0 Å². The van der Waals surface area contributed by atoms with Crippen molar-refractivity contribution < 1.29 is 14.6 Å². The van der Waals surface area contributed by atoms with Crippen molar-refractivity contribution >= 4 is 5.97 Å². The maximum Gasteiger partial charge on any atom is 0.305 e. The van der Waals surface area contributed by atoms with Crippen LogP contribution in [0.2, 0.25) is 0 Å². The summed E-state index contributed by atoms with van der Waals surface area (Å²) in [6.07, 6.45) is 24.2. The van der Waals surface area contributed by atoms with Crippen LogP contribution in [-0.4, -0.2) is 24.3 Å². The minimum absolute atomic E-state index is 0.113. The van der Waals surface area contributed by atoms with Gasteiger partial charge in [-0.15, -0.1) is 0 Å². The fourth-order valence-electron chi connectivity index (χ4n) is 3.65. The van der Waals surface area contributed by atoms with Crippen LogP contribution in [0.3, 0.4) is 0 Å². The number of unbranched alkanes of at least 4 members (excludes halogenated alkanes) is 15. The topological polar surface area (TPSA) is 46.5 Å². The molecule has 162 valence electrons. The predicted octanol–water partition coefficient (Wildman–Crippen LogP) is 7.34. The SMILES string of the molecule is CCCCCCCCCCCCCCCC(O)CCCCCCC(=O)OC. The molecule has 0 aromatic rings. The third-order valence-electron chi connectivity index (χ3n) is 5.54. The summed E-state index contributed by atoms with van der Waals surface area (Å²) in [5, 5.41) is 10.0. The van der Waals surface area contributed by atoms with E-state index in [9.17, 15) is 9.90 Å². The van der Waals surface area contributed by atoms with Gasteiger partial charge >= 0.3 is 5.97 Å². The molecule has 3 heteroatoms. The Kier molecular flexibility index (Phi) is 21.3. The Hall–Kier alpha value is -0.570. The van der Waals surface area contributed by atoms with Crippen molar-refractivity contribution in [2.45, 2.75) is 141 Å². The van der Waals surface area contributed by atoms with Gasteiger partial charge in [-0.2, -0.15) is 0 Å². The van der Waals surface area contributed by atoms with E-state index < -0.39 is 0 Å². The number of ether oxygens (including phenoxy) is 1. The van der Waals surface area contributed by atoms with Gasteiger partial charge in [-0.25, -0.2) is 0 Å². The smallest absolute Gasteiger partial charge is 0.305 e. The van der Waals surface area contributed by atoms with Gasteiger partial charge < -0.3 is 9.84 Å². The van der Waals surface area contributed by atoms with E-state index >= 15 is 0 Å². The summed E-state index contributed by atoms with van der Waals surface area (Å²) in [4.78, 5) is 11.0. The second-order valence-electron chi connectivity index (χ2n) is 8.21. The molecule has 1 atom stereocenters. The normalized spacial score (nSPS) is 12.3. The van der Waals surface area contributed by atoms with Crippen LogP contribution in [0.1, 0.15) is 135 Å². The molecule has 0 aromatic carbocycles. The first-order valence-corrected chi connectivity index (χ1v) is 12.0. The number of rotatable bonds is 21. The summed E-state index contributed by atoms with van der Waals surface area (Å²) in [5.74, 6) is -0.113. The Morgan fingerprint density at radius 1 is 0.667 bits per heavy atom. The quantitative estimate of drug-likeness (QED) is 0.166. The molecule has 1 unspecified atom stereocenters. The Bertz CT molecular complexity index is 304. The fourth-order valence-corrected chi connectivity index (χ4v) is 3.65. The molecule has 0 saturated heterocycles. The van der Waals surface area contributed by atoms with E-state index in [0.29, 0.717) is 6.42 Å². The summed E-state index contributed by atoms with van der Waals surface area (Å²) in [7, 11) is 1.44. The lowest BCUT2D eigenvalue weighted by atomic mass is 10.0. The number of esters is 1. The van der Waals surface area contributed by atoms with Crippen LogP contribution < -0.4 is 0 Å². The van der Waals surface area contributed by atoms with Gasteiger partial charge in [0.15, 0.2) is 0 Å². The molecule has 0 fully saturated rings. The van der Waals surface area contributed by atoms with Gasteiger partial charge in [0.05, 0.1) is 13.2 Å². The molecule has 0 radical (unpaired) electrons. The molecule has 0 spiro atoms. The van der Waals surface area contributed by atoms with Gasteiger partial charge in [0.25, 0.3) is 0 Å². The molecule has 27 heavy (non-hydrogen) atoms. The Balaban J connectivity index is 3.16. The molecule has 0 amide bonds. The lowest BCUT2D eigenvalue weighted by Gasteiger charge is -2.10. The highest BCUT2D eigenvalue weighted by Gasteiger charge is 2.04. The number of aliphatic hydroxyl groups excluding tert-OH is 1. The zero-order valence-electron chi connectivity index (χ0n) is 18.5. The van der Waals surface area contributed by atoms with E-state index in [1.165, 1.54) is 90.6 Å². The van der Waals surface area contributed by atoms with E-state index in [0.717, 1.165) is 38.5 Å². The first-order chi connectivity index (χ1) is 13.2. The largest absolute Gasteiger partial charge is 0.469 e. The second-order valence-corrected chi connectivity index (χ2v) is 8.21. The Morgan fingerprint density at radius 3 is 1.44 bits per heavy atom. The van der Waals surface area contributed by atoms with Gasteiger partial charge in [-0.05, 0) is 19.3 Å². The van der Waals surface area contributed by atoms with Crippen LogP contribution in [-0.2, 0) is 9.53 Å². The van der Waals surface area contributed by atoms with Gasteiger partial charge in [0.1, 0.15) is 0 Å². The van der Waals surface area contributed by atoms with E-state index in [2.05, 4.69) is 11.7 Å². The minimum atomic E-state index is -0.127. The minimum Gasteiger partial charge on any atom is -0.469 e. The zero-order chi connectivity index (χ0) is 20.0. The maximum atomic E-state index is 11.0. The van der Waals surface area contributed by atoms with Gasteiger partial charge in [0.2, 0.25) is 0 Å². The van der Waals surface area contributed by atoms with Gasteiger partial charge in [0, 0.05) is 6.42 Å². The van der Waals surface area contributed by atoms with Crippen LogP contribution in [0.25, 0.3) is 0 Å². The molecule has 0 heterocycles. The predicted molar refractivity (Wildman–Crippen MR) is 116 cm³/mol. The first-order valence-electron chi connectivity index (χ1n) is 12.0. The van der Waals surface area contributed by atoms with Crippen LogP contribution in [0, 0.1) is 0 Å². The number of carbonyl (C=O) groups is 1. The summed E-state index contributed by atoms with van der Waals surface area (Å²) in [6, 6.07) is 0. The molecule has 0 aliphatic heterocycles. The van der Waals surface area contributed by atoms with Crippen molar-refractivity contribution in [3.63, 3.8) is 0 Å². The van der Waals surface area contributed by atoms with Crippen molar-refractivity contribution in [1.29, 1.82) is 0 Å². The highest BCUT2D eigenvalue weighted by atomic mass is 16.5. The fraction of sp³-hybridized carbons (Fsp3) is 0.958. The summed E-state index contributed by atoms with van der Waals surface area (Å²) < 4.78 is 4.63. The Morgan fingerprint density at radius 2 is 1.04 bits per heavy atom. The second kappa shape index (κ2) is 21.7. The molecule has 0 aromatic heterocycles. The molecule has 0 saturated carbocycles. The molecule has 3 nitrogen and oxygen atoms in total. The van der Waals surface area contributed by atoms with E-state index in [4.69, 9.17) is 0 Å². The molecule has 1 N–H and O–H groups in total. The number of aliphatic hydroxyl groups is 1. The number of methoxy groups -OCH3 is 1. The summed E-state index contributed by atoms with van der Waals surface area (Å²) in [6.45, 7) is 2.28. The third kappa shape index (κ3) is 21.6. The maximum absolute atomic E-state index is 11.0.